The predicted octanol–water partition coefficient (Wildman–Crippen LogP) is 6.07. The van der Waals surface area contributed by atoms with Crippen molar-refractivity contribution >= 4 is 5.97 Å². The van der Waals surface area contributed by atoms with Crippen LogP contribution in [0.5, 0.6) is 5.75 Å². The lowest BCUT2D eigenvalue weighted by atomic mass is 9.68. The van der Waals surface area contributed by atoms with Crippen LogP contribution in [0.4, 0.5) is 0 Å². The quantitative estimate of drug-likeness (QED) is 0.191. The zero-order chi connectivity index (χ0) is 23.6. The summed E-state index contributed by atoms with van der Waals surface area (Å²) in [5.74, 6) is 1.64. The SMILES string of the molecule is C=CC1C[C@H](OC(=O)C2(c3ccccc3)CCCCCC2)C1CCNCCOc1ccccc1. The average molecular weight is 462 g/mol. The first kappa shape index (κ1) is 24.5. The lowest BCUT2D eigenvalue weighted by molar-refractivity contribution is -0.169. The van der Waals surface area contributed by atoms with Crippen LogP contribution in [-0.4, -0.2) is 31.8 Å². The molecule has 2 fully saturated rings. The Morgan fingerprint density at radius 3 is 2.32 bits per heavy atom. The second-order valence-corrected chi connectivity index (χ2v) is 9.81. The first-order valence-corrected chi connectivity index (χ1v) is 13.0. The van der Waals surface area contributed by atoms with Crippen molar-refractivity contribution in [2.75, 3.05) is 19.7 Å². The molecule has 2 aromatic rings. The average Bonchev–Trinajstić information content (AvgIpc) is 3.14. The normalized spacial score (nSPS) is 23.8. The van der Waals surface area contributed by atoms with E-state index >= 15 is 0 Å². The number of allylic oxidation sites excluding steroid dienone is 1. The predicted molar refractivity (Wildman–Crippen MR) is 137 cm³/mol. The van der Waals surface area contributed by atoms with Gasteiger partial charge in [-0.15, -0.1) is 6.58 Å². The van der Waals surface area contributed by atoms with E-state index in [1.54, 1.807) is 0 Å². The summed E-state index contributed by atoms with van der Waals surface area (Å²) in [6, 6.07) is 20.2. The molecule has 2 saturated carbocycles. The molecule has 2 aliphatic carbocycles. The van der Waals surface area contributed by atoms with Crippen LogP contribution in [0.2, 0.25) is 0 Å². The van der Waals surface area contributed by atoms with E-state index in [0.29, 0.717) is 18.4 Å². The molecule has 2 unspecified atom stereocenters. The van der Waals surface area contributed by atoms with E-state index in [1.807, 2.05) is 54.6 Å². The van der Waals surface area contributed by atoms with Gasteiger partial charge in [-0.1, -0.05) is 80.3 Å². The standard InChI is InChI=1S/C30H39NO3/c1-2-24-23-28(27(24)17-20-31-21-22-33-26-15-9-6-10-16-26)34-29(32)30(18-11-3-4-12-19-30)25-13-7-5-8-14-25/h2,5-10,13-16,24,27-28,31H,1,3-4,11-12,17-23H2/t24?,27?,28-/m0/s1. The summed E-state index contributed by atoms with van der Waals surface area (Å²) >= 11 is 0. The minimum atomic E-state index is -0.491. The van der Waals surface area contributed by atoms with Crippen LogP contribution < -0.4 is 10.1 Å². The topological polar surface area (TPSA) is 47.6 Å². The van der Waals surface area contributed by atoms with Crippen LogP contribution in [0.3, 0.4) is 0 Å². The van der Waals surface area contributed by atoms with Crippen LogP contribution in [0, 0.1) is 11.8 Å². The zero-order valence-corrected chi connectivity index (χ0v) is 20.3. The van der Waals surface area contributed by atoms with E-state index in [9.17, 15) is 4.79 Å². The first-order chi connectivity index (χ1) is 16.7. The van der Waals surface area contributed by atoms with E-state index in [2.05, 4.69) is 24.0 Å². The number of para-hydroxylation sites is 1. The summed E-state index contributed by atoms with van der Waals surface area (Å²) in [5.41, 5.74) is 0.632. The highest BCUT2D eigenvalue weighted by molar-refractivity contribution is 5.83. The molecule has 0 bridgehead atoms. The van der Waals surface area contributed by atoms with Gasteiger partial charge < -0.3 is 14.8 Å². The fraction of sp³-hybridized carbons (Fsp3) is 0.500. The van der Waals surface area contributed by atoms with Gasteiger partial charge in [-0.25, -0.2) is 0 Å². The molecule has 4 rings (SSSR count). The lowest BCUT2D eigenvalue weighted by Crippen LogP contribution is -2.48. The monoisotopic (exact) mass is 461 g/mol. The number of hydrogen-bond acceptors (Lipinski definition) is 4. The van der Waals surface area contributed by atoms with Gasteiger partial charge in [0, 0.05) is 12.5 Å². The van der Waals surface area contributed by atoms with Crippen molar-refractivity contribution in [2.45, 2.75) is 62.9 Å². The number of ether oxygens (including phenoxy) is 2. The molecule has 1 N–H and O–H groups in total. The highest BCUT2D eigenvalue weighted by Crippen LogP contribution is 2.44. The van der Waals surface area contributed by atoms with E-state index < -0.39 is 5.41 Å². The summed E-state index contributed by atoms with van der Waals surface area (Å²) in [7, 11) is 0. The molecule has 2 aliphatic rings. The Bertz CT molecular complexity index is 890. The number of carbonyl (C=O) groups is 1. The van der Waals surface area contributed by atoms with Crippen molar-refractivity contribution in [1.29, 1.82) is 0 Å². The van der Waals surface area contributed by atoms with Gasteiger partial charge in [0.05, 0.1) is 5.41 Å². The molecule has 0 radical (unpaired) electrons. The number of benzene rings is 2. The molecule has 4 heteroatoms. The Kier molecular flexibility index (Phi) is 8.81. The van der Waals surface area contributed by atoms with Gasteiger partial charge in [0.2, 0.25) is 0 Å². The number of rotatable bonds is 11. The van der Waals surface area contributed by atoms with Crippen LogP contribution >= 0.6 is 0 Å². The summed E-state index contributed by atoms with van der Waals surface area (Å²) in [6.07, 6.45) is 10.2. The number of esters is 1. The molecule has 0 spiro atoms. The summed E-state index contributed by atoms with van der Waals surface area (Å²) < 4.78 is 12.0. The van der Waals surface area contributed by atoms with E-state index in [4.69, 9.17) is 9.47 Å². The third-order valence-electron chi connectivity index (χ3n) is 7.71. The van der Waals surface area contributed by atoms with Crippen LogP contribution in [-0.2, 0) is 14.9 Å². The van der Waals surface area contributed by atoms with Gasteiger partial charge in [0.15, 0.2) is 0 Å². The van der Waals surface area contributed by atoms with Crippen LogP contribution in [0.25, 0.3) is 0 Å². The zero-order valence-electron chi connectivity index (χ0n) is 20.3. The maximum Gasteiger partial charge on any atom is 0.316 e. The van der Waals surface area contributed by atoms with Crippen LogP contribution in [0.1, 0.15) is 56.9 Å². The summed E-state index contributed by atoms with van der Waals surface area (Å²) in [6.45, 7) is 6.33. The first-order valence-electron chi connectivity index (χ1n) is 13.0. The molecule has 0 heterocycles. The minimum absolute atomic E-state index is 0.0117. The van der Waals surface area contributed by atoms with Gasteiger partial charge in [0.1, 0.15) is 18.5 Å². The molecule has 0 aliphatic heterocycles. The third kappa shape index (κ3) is 5.90. The summed E-state index contributed by atoms with van der Waals surface area (Å²) in [4.78, 5) is 13.7. The van der Waals surface area contributed by atoms with E-state index in [0.717, 1.165) is 62.9 Å². The molecular weight excluding hydrogens is 422 g/mol. The van der Waals surface area contributed by atoms with Crippen molar-refractivity contribution in [3.8, 4) is 5.75 Å². The van der Waals surface area contributed by atoms with Crippen molar-refractivity contribution in [3.05, 3.63) is 78.9 Å². The van der Waals surface area contributed by atoms with Gasteiger partial charge in [0.25, 0.3) is 0 Å². The largest absolute Gasteiger partial charge is 0.492 e. The Morgan fingerprint density at radius 1 is 0.971 bits per heavy atom. The number of hydrogen-bond donors (Lipinski definition) is 1. The Labute approximate surface area is 204 Å². The highest BCUT2D eigenvalue weighted by Gasteiger charge is 2.47. The van der Waals surface area contributed by atoms with Crippen molar-refractivity contribution < 1.29 is 14.3 Å². The number of nitrogens with one attached hydrogen (secondary N) is 1. The Hall–Kier alpha value is -2.59. The maximum absolute atomic E-state index is 13.7. The molecule has 0 amide bonds. The minimum Gasteiger partial charge on any atom is -0.492 e. The van der Waals surface area contributed by atoms with E-state index in [1.165, 1.54) is 12.8 Å². The fourth-order valence-corrected chi connectivity index (χ4v) is 5.61. The smallest absolute Gasteiger partial charge is 0.316 e. The molecule has 2 aromatic carbocycles. The molecular formula is C30H39NO3. The van der Waals surface area contributed by atoms with Gasteiger partial charge in [-0.3, -0.25) is 4.79 Å². The van der Waals surface area contributed by atoms with Gasteiger partial charge in [-0.2, -0.15) is 0 Å². The third-order valence-corrected chi connectivity index (χ3v) is 7.71. The van der Waals surface area contributed by atoms with Crippen molar-refractivity contribution in [2.24, 2.45) is 11.8 Å². The molecule has 0 aromatic heterocycles. The van der Waals surface area contributed by atoms with Crippen molar-refractivity contribution in [1.82, 2.24) is 5.32 Å². The lowest BCUT2D eigenvalue weighted by Gasteiger charge is -2.44. The Morgan fingerprint density at radius 2 is 1.65 bits per heavy atom. The van der Waals surface area contributed by atoms with Gasteiger partial charge >= 0.3 is 5.97 Å². The molecule has 182 valence electrons. The Balaban J connectivity index is 1.30. The summed E-state index contributed by atoms with van der Waals surface area (Å²) in [5, 5.41) is 3.48. The highest BCUT2D eigenvalue weighted by atomic mass is 16.5. The van der Waals surface area contributed by atoms with Crippen LogP contribution in [0.15, 0.2) is 73.3 Å². The maximum atomic E-state index is 13.7. The van der Waals surface area contributed by atoms with Gasteiger partial charge in [-0.05, 0) is 55.8 Å². The second kappa shape index (κ2) is 12.2. The molecule has 3 atom stereocenters. The number of carbonyl (C=O) groups excluding carboxylic acids is 1. The molecule has 34 heavy (non-hydrogen) atoms. The fourth-order valence-electron chi connectivity index (χ4n) is 5.61. The van der Waals surface area contributed by atoms with Crippen molar-refractivity contribution in [3.63, 3.8) is 0 Å². The molecule has 4 nitrogen and oxygen atoms in total. The second-order valence-electron chi connectivity index (χ2n) is 9.81. The van der Waals surface area contributed by atoms with E-state index in [-0.39, 0.29) is 12.1 Å². The molecule has 0 saturated heterocycles.